The quantitative estimate of drug-likeness (QED) is 0.415. The number of hydrogen-bond donors (Lipinski definition) is 0. The van der Waals surface area contributed by atoms with E-state index in [0.717, 1.165) is 4.47 Å². The van der Waals surface area contributed by atoms with Gasteiger partial charge in [0.1, 0.15) is 0 Å². The van der Waals surface area contributed by atoms with E-state index in [1.54, 1.807) is 0 Å². The van der Waals surface area contributed by atoms with Crippen molar-refractivity contribution >= 4 is 26.8 Å². The molecular weight excluding hydrogens is 334 g/mol. The Kier molecular flexibility index (Phi) is 3.32. The summed E-state index contributed by atoms with van der Waals surface area (Å²) in [6.45, 7) is 0. The second-order valence-electron chi connectivity index (χ2n) is 5.27. The fourth-order valence-electron chi connectivity index (χ4n) is 2.84. The van der Waals surface area contributed by atoms with Crippen molar-refractivity contribution in [2.75, 3.05) is 0 Å². The van der Waals surface area contributed by atoms with E-state index in [2.05, 4.69) is 105 Å². The van der Waals surface area contributed by atoms with Gasteiger partial charge in [0.25, 0.3) is 0 Å². The molecule has 0 unspecified atom stereocenters. The molecular formula is C20H14BrN. The van der Waals surface area contributed by atoms with Gasteiger partial charge in [0, 0.05) is 15.5 Å². The van der Waals surface area contributed by atoms with Gasteiger partial charge in [-0.3, -0.25) is 0 Å². The Morgan fingerprint density at radius 2 is 1.36 bits per heavy atom. The van der Waals surface area contributed by atoms with Crippen LogP contribution in [-0.4, -0.2) is 4.57 Å². The first-order valence-electron chi connectivity index (χ1n) is 7.25. The maximum absolute atomic E-state index is 3.51. The van der Waals surface area contributed by atoms with Crippen LogP contribution in [0.25, 0.3) is 27.8 Å². The van der Waals surface area contributed by atoms with E-state index in [4.69, 9.17) is 0 Å². The average molecular weight is 348 g/mol. The fourth-order valence-corrected chi connectivity index (χ4v) is 3.11. The number of rotatable bonds is 2. The molecule has 106 valence electrons. The Morgan fingerprint density at radius 3 is 2.14 bits per heavy atom. The van der Waals surface area contributed by atoms with Crippen molar-refractivity contribution in [2.45, 2.75) is 0 Å². The zero-order valence-electron chi connectivity index (χ0n) is 11.9. The van der Waals surface area contributed by atoms with Crippen molar-refractivity contribution in [3.05, 3.63) is 89.4 Å². The maximum Gasteiger partial charge on any atom is 0.0540 e. The number of fused-ring (bicyclic) bond motifs is 1. The van der Waals surface area contributed by atoms with Crippen LogP contribution in [0.15, 0.2) is 89.4 Å². The lowest BCUT2D eigenvalue weighted by atomic mass is 10.1. The van der Waals surface area contributed by atoms with E-state index in [0.29, 0.717) is 0 Å². The molecule has 0 atom stereocenters. The largest absolute Gasteiger partial charge is 0.309 e. The molecule has 0 N–H and O–H groups in total. The van der Waals surface area contributed by atoms with Gasteiger partial charge in [-0.05, 0) is 42.0 Å². The summed E-state index contributed by atoms with van der Waals surface area (Å²) in [5, 5.41) is 1.25. The van der Waals surface area contributed by atoms with E-state index in [9.17, 15) is 0 Å². The summed E-state index contributed by atoms with van der Waals surface area (Å²) in [4.78, 5) is 0. The van der Waals surface area contributed by atoms with Crippen LogP contribution in [0.3, 0.4) is 0 Å². The summed E-state index contributed by atoms with van der Waals surface area (Å²) in [6, 6.07) is 29.7. The van der Waals surface area contributed by atoms with Gasteiger partial charge in [-0.2, -0.15) is 0 Å². The smallest absolute Gasteiger partial charge is 0.0540 e. The van der Waals surface area contributed by atoms with Crippen molar-refractivity contribution in [1.29, 1.82) is 0 Å². The van der Waals surface area contributed by atoms with Crippen LogP contribution in [0.5, 0.6) is 0 Å². The van der Waals surface area contributed by atoms with E-state index in [1.165, 1.54) is 27.8 Å². The standard InChI is InChI=1S/C20H14BrN/c21-17-12-10-15(11-13-17)20-14-16-6-4-5-9-19(16)22(20)18-7-2-1-3-8-18/h1-14H. The number of hydrogen-bond acceptors (Lipinski definition) is 0. The average Bonchev–Trinajstić information content (AvgIpc) is 2.96. The van der Waals surface area contributed by atoms with Crippen LogP contribution in [0, 0.1) is 0 Å². The highest BCUT2D eigenvalue weighted by Gasteiger charge is 2.11. The first-order chi connectivity index (χ1) is 10.8. The third-order valence-electron chi connectivity index (χ3n) is 3.87. The molecule has 0 saturated heterocycles. The van der Waals surface area contributed by atoms with Gasteiger partial charge in [-0.1, -0.05) is 64.5 Å². The van der Waals surface area contributed by atoms with Crippen molar-refractivity contribution in [2.24, 2.45) is 0 Å². The molecule has 4 aromatic rings. The van der Waals surface area contributed by atoms with E-state index in [-0.39, 0.29) is 0 Å². The molecule has 4 rings (SSSR count). The highest BCUT2D eigenvalue weighted by Crippen LogP contribution is 2.32. The normalized spacial score (nSPS) is 11.0. The Hall–Kier alpha value is -2.32. The van der Waals surface area contributed by atoms with E-state index in [1.807, 2.05) is 0 Å². The molecule has 0 aliphatic rings. The molecule has 0 aliphatic carbocycles. The van der Waals surface area contributed by atoms with Gasteiger partial charge < -0.3 is 4.57 Å². The van der Waals surface area contributed by atoms with Crippen molar-refractivity contribution in [1.82, 2.24) is 4.57 Å². The van der Waals surface area contributed by atoms with Crippen LogP contribution in [0.4, 0.5) is 0 Å². The Bertz CT molecular complexity index is 921. The van der Waals surface area contributed by atoms with Crippen molar-refractivity contribution in [3.8, 4) is 16.9 Å². The molecule has 0 radical (unpaired) electrons. The lowest BCUT2D eigenvalue weighted by molar-refractivity contribution is 1.13. The molecule has 22 heavy (non-hydrogen) atoms. The minimum Gasteiger partial charge on any atom is -0.309 e. The van der Waals surface area contributed by atoms with Gasteiger partial charge in [-0.25, -0.2) is 0 Å². The topological polar surface area (TPSA) is 4.93 Å². The Labute approximate surface area is 138 Å². The van der Waals surface area contributed by atoms with Gasteiger partial charge in [0.2, 0.25) is 0 Å². The first-order valence-corrected chi connectivity index (χ1v) is 8.04. The van der Waals surface area contributed by atoms with Crippen molar-refractivity contribution < 1.29 is 0 Å². The zero-order valence-corrected chi connectivity index (χ0v) is 13.5. The molecule has 0 aliphatic heterocycles. The Morgan fingerprint density at radius 1 is 0.682 bits per heavy atom. The second kappa shape index (κ2) is 5.47. The minimum atomic E-state index is 1.10. The first kappa shape index (κ1) is 13.4. The molecule has 0 amide bonds. The molecule has 0 fully saturated rings. The second-order valence-corrected chi connectivity index (χ2v) is 6.18. The van der Waals surface area contributed by atoms with Crippen molar-refractivity contribution in [3.63, 3.8) is 0 Å². The minimum absolute atomic E-state index is 1.10. The van der Waals surface area contributed by atoms with Gasteiger partial charge in [0.15, 0.2) is 0 Å². The molecule has 3 aromatic carbocycles. The fraction of sp³-hybridized carbons (Fsp3) is 0. The van der Waals surface area contributed by atoms with E-state index >= 15 is 0 Å². The SMILES string of the molecule is Brc1ccc(-c2cc3ccccc3n2-c2ccccc2)cc1. The summed E-state index contributed by atoms with van der Waals surface area (Å²) in [5.74, 6) is 0. The number of halogens is 1. The lowest BCUT2D eigenvalue weighted by Gasteiger charge is -2.11. The third kappa shape index (κ3) is 2.26. The number of nitrogens with zero attached hydrogens (tertiary/aromatic N) is 1. The molecule has 1 nitrogen and oxygen atoms in total. The van der Waals surface area contributed by atoms with Crippen LogP contribution < -0.4 is 0 Å². The molecule has 0 bridgehead atoms. The number of aromatic nitrogens is 1. The van der Waals surface area contributed by atoms with Gasteiger partial charge >= 0.3 is 0 Å². The molecule has 1 heterocycles. The predicted molar refractivity (Wildman–Crippen MR) is 96.4 cm³/mol. The van der Waals surface area contributed by atoms with Crippen LogP contribution >= 0.6 is 15.9 Å². The van der Waals surface area contributed by atoms with Gasteiger partial charge in [0.05, 0.1) is 11.2 Å². The van der Waals surface area contributed by atoms with Crippen LogP contribution in [-0.2, 0) is 0 Å². The summed E-state index contributed by atoms with van der Waals surface area (Å²) in [5.41, 5.74) is 4.83. The summed E-state index contributed by atoms with van der Waals surface area (Å²) < 4.78 is 3.41. The number of benzene rings is 3. The molecule has 0 spiro atoms. The highest BCUT2D eigenvalue weighted by molar-refractivity contribution is 9.10. The van der Waals surface area contributed by atoms with Gasteiger partial charge in [-0.15, -0.1) is 0 Å². The lowest BCUT2D eigenvalue weighted by Crippen LogP contribution is -1.96. The Balaban J connectivity index is 2.04. The van der Waals surface area contributed by atoms with Crippen LogP contribution in [0.1, 0.15) is 0 Å². The zero-order chi connectivity index (χ0) is 14.9. The third-order valence-corrected chi connectivity index (χ3v) is 4.39. The summed E-state index contributed by atoms with van der Waals surface area (Å²) in [6.07, 6.45) is 0. The monoisotopic (exact) mass is 347 g/mol. The number of para-hydroxylation sites is 2. The maximum atomic E-state index is 3.51. The molecule has 2 heteroatoms. The molecule has 0 saturated carbocycles. The summed E-state index contributed by atoms with van der Waals surface area (Å²) in [7, 11) is 0. The summed E-state index contributed by atoms with van der Waals surface area (Å²) >= 11 is 3.51. The molecule has 1 aromatic heterocycles. The van der Waals surface area contributed by atoms with Crippen LogP contribution in [0.2, 0.25) is 0 Å². The predicted octanol–water partition coefficient (Wildman–Crippen LogP) is 6.06. The highest BCUT2D eigenvalue weighted by atomic mass is 79.9. The van der Waals surface area contributed by atoms with E-state index < -0.39 is 0 Å².